The van der Waals surface area contributed by atoms with Crippen LogP contribution in [0.25, 0.3) is 0 Å². The average molecular weight is 190 g/mol. The van der Waals surface area contributed by atoms with Crippen LogP contribution in [-0.2, 0) is 0 Å². The van der Waals surface area contributed by atoms with Crippen molar-refractivity contribution in [3.63, 3.8) is 0 Å². The van der Waals surface area contributed by atoms with Gasteiger partial charge in [0.1, 0.15) is 0 Å². The molecule has 2 heteroatoms. The van der Waals surface area contributed by atoms with Gasteiger partial charge in [-0.05, 0) is 26.0 Å². The van der Waals surface area contributed by atoms with Gasteiger partial charge in [-0.2, -0.15) is 0 Å². The molecule has 1 N–H and O–H groups in total. The van der Waals surface area contributed by atoms with Crippen LogP contribution in [0.1, 0.15) is 13.8 Å². The van der Waals surface area contributed by atoms with Crippen molar-refractivity contribution in [3.8, 4) is 0 Å². The van der Waals surface area contributed by atoms with E-state index in [0.29, 0.717) is 0 Å². The third-order valence-corrected chi connectivity index (χ3v) is 2.17. The summed E-state index contributed by atoms with van der Waals surface area (Å²) in [6.07, 6.45) is 2.12. The normalized spacial score (nSPS) is 11.2. The molecule has 2 nitrogen and oxygen atoms in total. The molecule has 0 unspecified atom stereocenters. The molecule has 0 aromatic heterocycles. The maximum absolute atomic E-state index is 3.12. The lowest BCUT2D eigenvalue weighted by atomic mass is 10.3. The number of hydrogen-bond donors (Lipinski definition) is 1. The number of allylic oxidation sites excluding steroid dienone is 1. The van der Waals surface area contributed by atoms with Crippen molar-refractivity contribution in [2.75, 3.05) is 18.5 Å². The average Bonchev–Trinajstić information content (AvgIpc) is 2.26. The standard InChI is InChI=1S/C12H18N2/c1-4-14(10-11(2)13-3)12-8-6-5-7-9-12/h5-10,13H,4H2,1-3H3/b11-10-. The topological polar surface area (TPSA) is 15.3 Å². The van der Waals surface area contributed by atoms with E-state index in [9.17, 15) is 0 Å². The molecule has 0 aliphatic rings. The molecule has 0 heterocycles. The maximum Gasteiger partial charge on any atom is 0.0406 e. The molecular weight excluding hydrogens is 172 g/mol. The number of nitrogens with one attached hydrogen (secondary N) is 1. The molecule has 0 fully saturated rings. The lowest BCUT2D eigenvalue weighted by Crippen LogP contribution is -2.18. The van der Waals surface area contributed by atoms with Gasteiger partial charge >= 0.3 is 0 Å². The predicted octanol–water partition coefficient (Wildman–Crippen LogP) is 2.59. The third-order valence-electron chi connectivity index (χ3n) is 2.17. The van der Waals surface area contributed by atoms with Crippen molar-refractivity contribution in [2.24, 2.45) is 0 Å². The van der Waals surface area contributed by atoms with E-state index in [2.05, 4.69) is 54.5 Å². The first kappa shape index (κ1) is 10.6. The second-order valence-electron chi connectivity index (χ2n) is 3.18. The fourth-order valence-electron chi connectivity index (χ4n) is 1.27. The zero-order chi connectivity index (χ0) is 10.4. The van der Waals surface area contributed by atoms with Gasteiger partial charge < -0.3 is 10.2 Å². The second-order valence-corrected chi connectivity index (χ2v) is 3.18. The number of para-hydroxylation sites is 1. The van der Waals surface area contributed by atoms with Crippen LogP contribution < -0.4 is 10.2 Å². The number of benzene rings is 1. The molecule has 0 saturated carbocycles. The Labute approximate surface area is 86.2 Å². The fraction of sp³-hybridized carbons (Fsp3) is 0.333. The van der Waals surface area contributed by atoms with E-state index in [-0.39, 0.29) is 0 Å². The first-order valence-corrected chi connectivity index (χ1v) is 4.95. The predicted molar refractivity (Wildman–Crippen MR) is 62.3 cm³/mol. The van der Waals surface area contributed by atoms with Crippen molar-refractivity contribution in [2.45, 2.75) is 13.8 Å². The summed E-state index contributed by atoms with van der Waals surface area (Å²) in [4.78, 5) is 2.21. The minimum absolute atomic E-state index is 0.975. The Morgan fingerprint density at radius 1 is 1.36 bits per heavy atom. The summed E-state index contributed by atoms with van der Waals surface area (Å²) in [6, 6.07) is 10.4. The quantitative estimate of drug-likeness (QED) is 0.785. The Hall–Kier alpha value is -1.44. The van der Waals surface area contributed by atoms with Crippen molar-refractivity contribution >= 4 is 5.69 Å². The Balaban J connectivity index is 2.83. The maximum atomic E-state index is 3.12. The molecule has 0 spiro atoms. The lowest BCUT2D eigenvalue weighted by molar-refractivity contribution is 0.934. The Morgan fingerprint density at radius 2 is 2.00 bits per heavy atom. The molecule has 1 aromatic carbocycles. The summed E-state index contributed by atoms with van der Waals surface area (Å²) in [6.45, 7) is 5.18. The molecular formula is C12H18N2. The summed E-state index contributed by atoms with van der Waals surface area (Å²) >= 11 is 0. The van der Waals surface area contributed by atoms with Gasteiger partial charge in [-0.3, -0.25) is 0 Å². The molecule has 0 atom stereocenters. The monoisotopic (exact) mass is 190 g/mol. The third kappa shape index (κ3) is 2.80. The summed E-state index contributed by atoms with van der Waals surface area (Å²) in [5.74, 6) is 0. The molecule has 1 aromatic rings. The van der Waals surface area contributed by atoms with Crippen LogP contribution in [-0.4, -0.2) is 13.6 Å². The van der Waals surface area contributed by atoms with E-state index in [4.69, 9.17) is 0 Å². The van der Waals surface area contributed by atoms with Gasteiger partial charge in [0.2, 0.25) is 0 Å². The molecule has 0 saturated heterocycles. The first-order valence-electron chi connectivity index (χ1n) is 4.95. The molecule has 1 rings (SSSR count). The lowest BCUT2D eigenvalue weighted by Gasteiger charge is -2.19. The second kappa shape index (κ2) is 5.32. The van der Waals surface area contributed by atoms with Crippen molar-refractivity contribution in [1.29, 1.82) is 0 Å². The van der Waals surface area contributed by atoms with E-state index in [0.717, 1.165) is 12.2 Å². The number of anilines is 1. The van der Waals surface area contributed by atoms with E-state index in [1.165, 1.54) is 5.69 Å². The van der Waals surface area contributed by atoms with Gasteiger partial charge in [0.25, 0.3) is 0 Å². The minimum Gasteiger partial charge on any atom is -0.390 e. The smallest absolute Gasteiger partial charge is 0.0406 e. The Morgan fingerprint density at radius 3 is 2.50 bits per heavy atom. The number of rotatable bonds is 4. The van der Waals surface area contributed by atoms with E-state index < -0.39 is 0 Å². The van der Waals surface area contributed by atoms with Crippen molar-refractivity contribution in [3.05, 3.63) is 42.2 Å². The molecule has 0 radical (unpaired) electrons. The van der Waals surface area contributed by atoms with Crippen LogP contribution in [0.5, 0.6) is 0 Å². The Bertz CT molecular complexity index is 290. The van der Waals surface area contributed by atoms with E-state index >= 15 is 0 Å². The highest BCUT2D eigenvalue weighted by Gasteiger charge is 1.99. The molecule has 0 aliphatic carbocycles. The highest BCUT2D eigenvalue weighted by molar-refractivity contribution is 5.48. The van der Waals surface area contributed by atoms with Crippen LogP contribution in [0.2, 0.25) is 0 Å². The van der Waals surface area contributed by atoms with Crippen molar-refractivity contribution in [1.82, 2.24) is 5.32 Å². The Kier molecular flexibility index (Phi) is 4.05. The molecule has 0 amide bonds. The highest BCUT2D eigenvalue weighted by atomic mass is 15.1. The molecule has 76 valence electrons. The fourth-order valence-corrected chi connectivity index (χ4v) is 1.27. The summed E-state index contributed by atoms with van der Waals surface area (Å²) < 4.78 is 0. The van der Waals surface area contributed by atoms with Gasteiger partial charge in [0.05, 0.1) is 0 Å². The van der Waals surface area contributed by atoms with Crippen LogP contribution in [0.4, 0.5) is 5.69 Å². The van der Waals surface area contributed by atoms with Gasteiger partial charge in [-0.1, -0.05) is 18.2 Å². The number of nitrogens with zero attached hydrogens (tertiary/aromatic N) is 1. The van der Waals surface area contributed by atoms with Gasteiger partial charge in [-0.15, -0.1) is 0 Å². The molecule has 14 heavy (non-hydrogen) atoms. The van der Waals surface area contributed by atoms with Gasteiger partial charge in [0, 0.05) is 31.2 Å². The summed E-state index contributed by atoms with van der Waals surface area (Å²) in [7, 11) is 1.94. The molecule has 0 bridgehead atoms. The zero-order valence-electron chi connectivity index (χ0n) is 9.12. The van der Waals surface area contributed by atoms with E-state index in [1.807, 2.05) is 13.1 Å². The number of hydrogen-bond acceptors (Lipinski definition) is 2. The van der Waals surface area contributed by atoms with Gasteiger partial charge in [0.15, 0.2) is 0 Å². The highest BCUT2D eigenvalue weighted by Crippen LogP contribution is 2.13. The minimum atomic E-state index is 0.975. The summed E-state index contributed by atoms with van der Waals surface area (Å²) in [5, 5.41) is 3.12. The summed E-state index contributed by atoms with van der Waals surface area (Å²) in [5.41, 5.74) is 2.39. The van der Waals surface area contributed by atoms with Crippen LogP contribution in [0.3, 0.4) is 0 Å². The van der Waals surface area contributed by atoms with Crippen LogP contribution >= 0.6 is 0 Å². The van der Waals surface area contributed by atoms with Crippen LogP contribution in [0.15, 0.2) is 42.2 Å². The van der Waals surface area contributed by atoms with E-state index in [1.54, 1.807) is 0 Å². The SMILES string of the molecule is CCN(/C=C(/C)NC)c1ccccc1. The molecule has 0 aliphatic heterocycles. The van der Waals surface area contributed by atoms with Crippen LogP contribution in [0, 0.1) is 0 Å². The van der Waals surface area contributed by atoms with Gasteiger partial charge in [-0.25, -0.2) is 0 Å². The van der Waals surface area contributed by atoms with Crippen molar-refractivity contribution < 1.29 is 0 Å². The zero-order valence-corrected chi connectivity index (χ0v) is 9.12. The first-order chi connectivity index (χ1) is 6.77. The largest absolute Gasteiger partial charge is 0.390 e.